The predicted octanol–water partition coefficient (Wildman–Crippen LogP) is 1.74. The van der Waals surface area contributed by atoms with Crippen molar-refractivity contribution in [3.8, 4) is 5.75 Å². The molecule has 0 saturated heterocycles. The molecule has 0 aromatic carbocycles. The smallest absolute Gasteiger partial charge is 0.453 e. The molecule has 0 radical (unpaired) electrons. The molecule has 0 aliphatic rings. The number of rotatable bonds is 3. The van der Waals surface area contributed by atoms with Gasteiger partial charge < -0.3 is 10.2 Å². The number of hydrogen-bond acceptors (Lipinski definition) is 6. The maximum Gasteiger partial charge on any atom is 0.453 e. The standard InChI is InChI=1S/C11H10F3N5O2S/c1-5-8(21)7(6(4-20)2-15-5)3-16-19-9(11(12,13)14)17-18-10(19)22/h2-3,20-21H,4H2,1H3,(H,18,22)/b16-3+. The molecule has 3 N–H and O–H groups in total. The van der Waals surface area contributed by atoms with Crippen LogP contribution in [0.15, 0.2) is 11.3 Å². The molecule has 0 amide bonds. The number of pyridine rings is 1. The van der Waals surface area contributed by atoms with Gasteiger partial charge in [-0.1, -0.05) is 0 Å². The molecule has 118 valence electrons. The molecule has 2 aromatic rings. The summed E-state index contributed by atoms with van der Waals surface area (Å²) in [5.74, 6) is -1.62. The Morgan fingerprint density at radius 3 is 2.77 bits per heavy atom. The number of aromatic nitrogens is 4. The maximum absolute atomic E-state index is 12.8. The molecule has 2 rings (SSSR count). The lowest BCUT2D eigenvalue weighted by Gasteiger charge is -2.08. The number of aromatic amines is 1. The van der Waals surface area contributed by atoms with Crippen molar-refractivity contribution in [2.75, 3.05) is 0 Å². The van der Waals surface area contributed by atoms with Gasteiger partial charge in [-0.3, -0.25) is 4.98 Å². The number of nitrogens with zero attached hydrogens (tertiary/aromatic N) is 4. The molecule has 2 heterocycles. The van der Waals surface area contributed by atoms with Gasteiger partial charge >= 0.3 is 6.18 Å². The number of aliphatic hydroxyl groups excluding tert-OH is 1. The van der Waals surface area contributed by atoms with E-state index in [1.165, 1.54) is 13.1 Å². The van der Waals surface area contributed by atoms with Crippen LogP contribution in [-0.4, -0.2) is 36.3 Å². The quantitative estimate of drug-likeness (QED) is 0.587. The van der Waals surface area contributed by atoms with Crippen LogP contribution in [0.25, 0.3) is 0 Å². The second-order valence-corrected chi connectivity index (χ2v) is 4.58. The summed E-state index contributed by atoms with van der Waals surface area (Å²) >= 11 is 4.68. The summed E-state index contributed by atoms with van der Waals surface area (Å²) in [6.45, 7) is 1.03. The average Bonchev–Trinajstić information content (AvgIpc) is 2.81. The van der Waals surface area contributed by atoms with Crippen LogP contribution in [0.5, 0.6) is 5.75 Å². The van der Waals surface area contributed by atoms with E-state index in [0.29, 0.717) is 4.68 Å². The molecule has 0 unspecified atom stereocenters. The summed E-state index contributed by atoms with van der Waals surface area (Å²) in [5, 5.41) is 27.7. The minimum Gasteiger partial charge on any atom is -0.505 e. The van der Waals surface area contributed by atoms with Gasteiger partial charge in [-0.15, -0.1) is 5.10 Å². The zero-order chi connectivity index (χ0) is 16.5. The van der Waals surface area contributed by atoms with Crippen molar-refractivity contribution in [1.82, 2.24) is 19.9 Å². The van der Waals surface area contributed by atoms with Gasteiger partial charge in [0, 0.05) is 17.3 Å². The van der Waals surface area contributed by atoms with Crippen LogP contribution < -0.4 is 0 Å². The van der Waals surface area contributed by atoms with Crippen molar-refractivity contribution in [2.45, 2.75) is 19.7 Å². The highest BCUT2D eigenvalue weighted by molar-refractivity contribution is 7.71. The Morgan fingerprint density at radius 2 is 2.18 bits per heavy atom. The van der Waals surface area contributed by atoms with Crippen molar-refractivity contribution >= 4 is 18.4 Å². The number of alkyl halides is 3. The summed E-state index contributed by atoms with van der Waals surface area (Å²) < 4.78 is 38.3. The van der Waals surface area contributed by atoms with Crippen molar-refractivity contribution in [3.63, 3.8) is 0 Å². The molecule has 0 saturated carbocycles. The van der Waals surface area contributed by atoms with E-state index in [4.69, 9.17) is 0 Å². The number of aromatic hydroxyl groups is 1. The third-order valence-corrected chi connectivity index (χ3v) is 3.00. The first-order chi connectivity index (χ1) is 10.3. The number of nitrogens with one attached hydrogen (secondary N) is 1. The molecule has 0 fully saturated rings. The Bertz CT molecular complexity index is 781. The minimum atomic E-state index is -4.75. The third-order valence-electron chi connectivity index (χ3n) is 2.73. The lowest BCUT2D eigenvalue weighted by molar-refractivity contribution is -0.147. The van der Waals surface area contributed by atoms with E-state index >= 15 is 0 Å². The fraction of sp³-hybridized carbons (Fsp3) is 0.273. The van der Waals surface area contributed by atoms with Crippen LogP contribution in [-0.2, 0) is 12.8 Å². The number of aryl methyl sites for hydroxylation is 1. The molecule has 0 aliphatic carbocycles. The number of aliphatic hydroxyl groups is 1. The number of hydrogen-bond donors (Lipinski definition) is 3. The van der Waals surface area contributed by atoms with Crippen LogP contribution in [0.3, 0.4) is 0 Å². The highest BCUT2D eigenvalue weighted by atomic mass is 32.1. The van der Waals surface area contributed by atoms with Crippen LogP contribution in [0.4, 0.5) is 13.2 Å². The largest absolute Gasteiger partial charge is 0.505 e. The predicted molar refractivity (Wildman–Crippen MR) is 72.0 cm³/mol. The van der Waals surface area contributed by atoms with Crippen LogP contribution >= 0.6 is 12.2 Å². The van der Waals surface area contributed by atoms with Crippen molar-refractivity contribution in [3.05, 3.63) is 33.6 Å². The lowest BCUT2D eigenvalue weighted by atomic mass is 10.1. The fourth-order valence-electron chi connectivity index (χ4n) is 1.62. The molecule has 22 heavy (non-hydrogen) atoms. The van der Waals surface area contributed by atoms with Crippen LogP contribution in [0.1, 0.15) is 22.6 Å². The maximum atomic E-state index is 12.8. The van der Waals surface area contributed by atoms with Gasteiger partial charge in [0.25, 0.3) is 5.82 Å². The minimum absolute atomic E-state index is 0.0474. The van der Waals surface area contributed by atoms with E-state index in [0.717, 1.165) is 6.21 Å². The highest BCUT2D eigenvalue weighted by Crippen LogP contribution is 2.27. The van der Waals surface area contributed by atoms with Crippen LogP contribution in [0, 0.1) is 11.7 Å². The normalized spacial score (nSPS) is 12.2. The Balaban J connectivity index is 2.53. The monoisotopic (exact) mass is 333 g/mol. The van der Waals surface area contributed by atoms with Crippen molar-refractivity contribution in [1.29, 1.82) is 0 Å². The molecule has 0 aliphatic heterocycles. The fourth-order valence-corrected chi connectivity index (χ4v) is 1.80. The SMILES string of the molecule is Cc1ncc(CO)c(/C=N/n2c(C(F)(F)F)n[nH]c2=S)c1O. The molecule has 11 heteroatoms. The Kier molecular flexibility index (Phi) is 4.28. The van der Waals surface area contributed by atoms with Gasteiger partial charge in [0.05, 0.1) is 18.5 Å². The van der Waals surface area contributed by atoms with Crippen molar-refractivity contribution in [2.24, 2.45) is 5.10 Å². The molecule has 7 nitrogen and oxygen atoms in total. The zero-order valence-electron chi connectivity index (χ0n) is 11.1. The number of halogens is 3. The summed E-state index contributed by atoms with van der Waals surface area (Å²) in [5.41, 5.74) is 0.493. The van der Waals surface area contributed by atoms with E-state index in [2.05, 4.69) is 27.4 Å². The lowest BCUT2D eigenvalue weighted by Crippen LogP contribution is -2.13. The van der Waals surface area contributed by atoms with E-state index < -0.39 is 18.6 Å². The molecule has 0 spiro atoms. The molecule has 2 aromatic heterocycles. The molecular formula is C11H10F3N5O2S. The topological polar surface area (TPSA) is 99.3 Å². The first-order valence-corrected chi connectivity index (χ1v) is 6.23. The van der Waals surface area contributed by atoms with E-state index in [9.17, 15) is 23.4 Å². The number of H-pyrrole nitrogens is 1. The van der Waals surface area contributed by atoms with E-state index in [1.807, 2.05) is 5.10 Å². The third kappa shape index (κ3) is 2.99. The molecule has 0 bridgehead atoms. The van der Waals surface area contributed by atoms with Gasteiger partial charge in [-0.05, 0) is 19.1 Å². The summed E-state index contributed by atoms with van der Waals surface area (Å²) in [6, 6.07) is 0. The summed E-state index contributed by atoms with van der Waals surface area (Å²) in [6.07, 6.45) is -2.51. The molecule has 0 atom stereocenters. The van der Waals surface area contributed by atoms with Gasteiger partial charge in [0.15, 0.2) is 0 Å². The van der Waals surface area contributed by atoms with Crippen molar-refractivity contribution < 1.29 is 23.4 Å². The summed E-state index contributed by atoms with van der Waals surface area (Å²) in [7, 11) is 0. The van der Waals surface area contributed by atoms with Gasteiger partial charge in [0.1, 0.15) is 5.75 Å². The second kappa shape index (κ2) is 5.85. The van der Waals surface area contributed by atoms with Crippen LogP contribution in [0.2, 0.25) is 0 Å². The van der Waals surface area contributed by atoms with E-state index in [-0.39, 0.29) is 27.3 Å². The van der Waals surface area contributed by atoms with Gasteiger partial charge in [-0.2, -0.15) is 22.9 Å². The highest BCUT2D eigenvalue weighted by Gasteiger charge is 2.37. The average molecular weight is 333 g/mol. The Morgan fingerprint density at radius 1 is 1.50 bits per heavy atom. The second-order valence-electron chi connectivity index (χ2n) is 4.20. The Labute approximate surface area is 126 Å². The van der Waals surface area contributed by atoms with E-state index in [1.54, 1.807) is 0 Å². The Hall–Kier alpha value is -2.27. The van der Waals surface area contributed by atoms with Gasteiger partial charge in [-0.25, -0.2) is 5.10 Å². The first-order valence-electron chi connectivity index (χ1n) is 5.83. The summed E-state index contributed by atoms with van der Waals surface area (Å²) in [4.78, 5) is 3.83. The molecular weight excluding hydrogens is 323 g/mol. The zero-order valence-corrected chi connectivity index (χ0v) is 11.9. The first kappa shape index (κ1) is 16.1. The van der Waals surface area contributed by atoms with Gasteiger partial charge in [0.2, 0.25) is 4.77 Å².